The molecule has 0 bridgehead atoms. The highest BCUT2D eigenvalue weighted by molar-refractivity contribution is 8.13. The van der Waals surface area contributed by atoms with Crippen molar-refractivity contribution in [3.8, 4) is 0 Å². The van der Waals surface area contributed by atoms with Crippen LogP contribution in [0.15, 0.2) is 17.4 Å². The standard InChI is InChI=1S/C10H13N5O2S/c1-2-17-5-15-3-6(18-10(12)16)7-8(11)13-4-14-9(7)15/h3-4H,2,5H2,1H3,(H2,12,16)(H2,11,13,14). The van der Waals surface area contributed by atoms with E-state index in [2.05, 4.69) is 9.97 Å². The topological polar surface area (TPSA) is 109 Å². The van der Waals surface area contributed by atoms with Crippen LogP contribution in [0.2, 0.25) is 0 Å². The third kappa shape index (κ3) is 2.39. The van der Waals surface area contributed by atoms with Gasteiger partial charge in [0.1, 0.15) is 24.5 Å². The third-order valence-corrected chi connectivity index (χ3v) is 3.02. The minimum absolute atomic E-state index is 0.319. The molecule has 0 saturated heterocycles. The third-order valence-electron chi connectivity index (χ3n) is 2.29. The van der Waals surface area contributed by atoms with E-state index >= 15 is 0 Å². The summed E-state index contributed by atoms with van der Waals surface area (Å²) in [5.41, 5.74) is 11.6. The number of amides is 1. The SMILES string of the molecule is CCOCn1cc(SC(N)=O)c2c(N)ncnc21. The molecule has 0 fully saturated rings. The van der Waals surface area contributed by atoms with E-state index in [1.54, 1.807) is 10.8 Å². The van der Waals surface area contributed by atoms with E-state index in [9.17, 15) is 4.79 Å². The quantitative estimate of drug-likeness (QED) is 0.805. The van der Waals surface area contributed by atoms with Gasteiger partial charge in [-0.1, -0.05) is 0 Å². The second kappa shape index (κ2) is 5.23. The molecule has 0 atom stereocenters. The van der Waals surface area contributed by atoms with Crippen LogP contribution < -0.4 is 11.5 Å². The summed E-state index contributed by atoms with van der Waals surface area (Å²) in [5, 5.41) is 0.120. The van der Waals surface area contributed by atoms with Gasteiger partial charge >= 0.3 is 0 Å². The molecule has 0 aliphatic carbocycles. The van der Waals surface area contributed by atoms with Gasteiger partial charge in [0.15, 0.2) is 0 Å². The fraction of sp³-hybridized carbons (Fsp3) is 0.300. The summed E-state index contributed by atoms with van der Waals surface area (Å²) < 4.78 is 7.09. The summed E-state index contributed by atoms with van der Waals surface area (Å²) in [6.45, 7) is 2.81. The number of fused-ring (bicyclic) bond motifs is 1. The van der Waals surface area contributed by atoms with Crippen molar-refractivity contribution in [2.75, 3.05) is 12.3 Å². The first-order valence-electron chi connectivity index (χ1n) is 5.27. The van der Waals surface area contributed by atoms with E-state index in [4.69, 9.17) is 16.2 Å². The highest BCUT2D eigenvalue weighted by Crippen LogP contribution is 2.31. The van der Waals surface area contributed by atoms with E-state index in [1.807, 2.05) is 6.92 Å². The number of anilines is 1. The molecular weight excluding hydrogens is 254 g/mol. The van der Waals surface area contributed by atoms with Crippen LogP contribution in [0.25, 0.3) is 11.0 Å². The van der Waals surface area contributed by atoms with E-state index in [-0.39, 0.29) is 0 Å². The smallest absolute Gasteiger partial charge is 0.281 e. The average molecular weight is 267 g/mol. The Morgan fingerprint density at radius 2 is 2.33 bits per heavy atom. The molecule has 4 N–H and O–H groups in total. The lowest BCUT2D eigenvalue weighted by Crippen LogP contribution is -2.02. The van der Waals surface area contributed by atoms with Crippen LogP contribution in [0, 0.1) is 0 Å². The lowest BCUT2D eigenvalue weighted by Gasteiger charge is -2.03. The van der Waals surface area contributed by atoms with Crippen LogP contribution in [-0.2, 0) is 11.5 Å². The van der Waals surface area contributed by atoms with Crippen molar-refractivity contribution in [1.82, 2.24) is 14.5 Å². The predicted octanol–water partition coefficient (Wildman–Crippen LogP) is 1.18. The summed E-state index contributed by atoms with van der Waals surface area (Å²) in [7, 11) is 0. The van der Waals surface area contributed by atoms with Crippen LogP contribution >= 0.6 is 11.8 Å². The van der Waals surface area contributed by atoms with Crippen molar-refractivity contribution in [3.63, 3.8) is 0 Å². The maximum atomic E-state index is 11.0. The number of nitrogen functional groups attached to an aromatic ring is 1. The highest BCUT2D eigenvalue weighted by Gasteiger charge is 2.15. The summed E-state index contributed by atoms with van der Waals surface area (Å²) in [6.07, 6.45) is 3.11. The molecule has 2 heterocycles. The number of hydrogen-bond donors (Lipinski definition) is 2. The molecule has 2 aromatic rings. The number of nitrogens with two attached hydrogens (primary N) is 2. The van der Waals surface area contributed by atoms with Crippen LogP contribution in [0.5, 0.6) is 0 Å². The Bertz CT molecular complexity index is 583. The Balaban J connectivity index is 2.52. The van der Waals surface area contributed by atoms with Gasteiger partial charge < -0.3 is 20.8 Å². The summed E-state index contributed by atoms with van der Waals surface area (Å²) in [4.78, 5) is 19.7. The number of ether oxygens (including phenoxy) is 1. The molecule has 7 nitrogen and oxygen atoms in total. The minimum Gasteiger partial charge on any atom is -0.383 e. The first kappa shape index (κ1) is 12.7. The van der Waals surface area contributed by atoms with Crippen molar-refractivity contribution < 1.29 is 9.53 Å². The van der Waals surface area contributed by atoms with Gasteiger partial charge in [-0.25, -0.2) is 9.97 Å². The maximum absolute atomic E-state index is 11.0. The molecule has 0 spiro atoms. The van der Waals surface area contributed by atoms with E-state index in [0.29, 0.717) is 35.1 Å². The van der Waals surface area contributed by atoms with Gasteiger partial charge in [0, 0.05) is 17.7 Å². The lowest BCUT2D eigenvalue weighted by molar-refractivity contribution is 0.0903. The second-order valence-corrected chi connectivity index (χ2v) is 4.51. The first-order valence-corrected chi connectivity index (χ1v) is 6.09. The normalized spacial score (nSPS) is 10.9. The zero-order valence-corrected chi connectivity index (χ0v) is 10.6. The molecule has 0 aliphatic heterocycles. The van der Waals surface area contributed by atoms with E-state index in [1.165, 1.54) is 6.33 Å². The maximum Gasteiger partial charge on any atom is 0.281 e. The number of aromatic nitrogens is 3. The van der Waals surface area contributed by atoms with Crippen LogP contribution in [0.1, 0.15) is 6.92 Å². The van der Waals surface area contributed by atoms with Gasteiger partial charge in [-0.05, 0) is 18.7 Å². The molecule has 18 heavy (non-hydrogen) atoms. The van der Waals surface area contributed by atoms with E-state index < -0.39 is 5.24 Å². The molecule has 0 aliphatic rings. The molecule has 2 aromatic heterocycles. The molecular formula is C10H13N5O2S. The first-order chi connectivity index (χ1) is 8.63. The molecule has 96 valence electrons. The zero-order chi connectivity index (χ0) is 13.1. The van der Waals surface area contributed by atoms with Crippen molar-refractivity contribution in [2.24, 2.45) is 5.73 Å². The molecule has 1 amide bonds. The Kier molecular flexibility index (Phi) is 3.68. The zero-order valence-electron chi connectivity index (χ0n) is 9.79. The number of thioether (sulfide) groups is 1. The Morgan fingerprint density at radius 3 is 3.00 bits per heavy atom. The molecule has 2 rings (SSSR count). The van der Waals surface area contributed by atoms with Crippen molar-refractivity contribution in [3.05, 3.63) is 12.5 Å². The number of nitrogens with zero attached hydrogens (tertiary/aromatic N) is 3. The van der Waals surface area contributed by atoms with Gasteiger partial charge in [-0.3, -0.25) is 4.79 Å². The number of primary amides is 1. The monoisotopic (exact) mass is 267 g/mol. The number of carbonyl (C=O) groups excluding carboxylic acids is 1. The Labute approximate surface area is 108 Å². The predicted molar refractivity (Wildman–Crippen MR) is 69.0 cm³/mol. The van der Waals surface area contributed by atoms with Crippen LogP contribution in [-0.4, -0.2) is 26.4 Å². The van der Waals surface area contributed by atoms with Crippen molar-refractivity contribution >= 4 is 33.9 Å². The average Bonchev–Trinajstić information content (AvgIpc) is 2.65. The van der Waals surface area contributed by atoms with Gasteiger partial charge in [-0.15, -0.1) is 0 Å². The van der Waals surface area contributed by atoms with Crippen molar-refractivity contribution in [2.45, 2.75) is 18.6 Å². The number of rotatable bonds is 4. The molecule has 0 saturated carbocycles. The molecule has 0 aromatic carbocycles. The summed E-state index contributed by atoms with van der Waals surface area (Å²) in [5.74, 6) is 0.319. The molecule has 0 radical (unpaired) electrons. The summed E-state index contributed by atoms with van der Waals surface area (Å²) in [6, 6.07) is 0. The van der Waals surface area contributed by atoms with Gasteiger partial charge in [0.05, 0.1) is 5.39 Å². The Hall–Kier alpha value is -1.80. The largest absolute Gasteiger partial charge is 0.383 e. The number of carbonyl (C=O) groups is 1. The second-order valence-electron chi connectivity index (χ2n) is 3.46. The van der Waals surface area contributed by atoms with Gasteiger partial charge in [0.25, 0.3) is 5.24 Å². The van der Waals surface area contributed by atoms with Gasteiger partial charge in [-0.2, -0.15) is 0 Å². The highest BCUT2D eigenvalue weighted by atomic mass is 32.2. The lowest BCUT2D eigenvalue weighted by atomic mass is 10.4. The molecule has 8 heteroatoms. The fourth-order valence-corrected chi connectivity index (χ4v) is 2.28. The fourth-order valence-electron chi connectivity index (χ4n) is 1.58. The van der Waals surface area contributed by atoms with Crippen molar-refractivity contribution in [1.29, 1.82) is 0 Å². The Morgan fingerprint density at radius 1 is 1.56 bits per heavy atom. The van der Waals surface area contributed by atoms with Gasteiger partial charge in [0.2, 0.25) is 0 Å². The number of hydrogen-bond acceptors (Lipinski definition) is 6. The molecule has 0 unspecified atom stereocenters. The van der Waals surface area contributed by atoms with E-state index in [0.717, 1.165) is 11.8 Å². The van der Waals surface area contributed by atoms with Crippen LogP contribution in [0.4, 0.5) is 10.6 Å². The summed E-state index contributed by atoms with van der Waals surface area (Å²) >= 11 is 0.899. The minimum atomic E-state index is -0.506. The van der Waals surface area contributed by atoms with Crippen LogP contribution in [0.3, 0.4) is 0 Å².